The highest BCUT2D eigenvalue weighted by atomic mass is 32.1. The van der Waals surface area contributed by atoms with E-state index in [9.17, 15) is 9.59 Å². The number of rotatable bonds is 3. The predicted molar refractivity (Wildman–Crippen MR) is 108 cm³/mol. The lowest BCUT2D eigenvalue weighted by molar-refractivity contribution is -0.126. The number of hydrogen-bond acceptors (Lipinski definition) is 4. The van der Waals surface area contributed by atoms with Crippen LogP contribution in [0.3, 0.4) is 0 Å². The van der Waals surface area contributed by atoms with Gasteiger partial charge in [0.25, 0.3) is 11.5 Å². The van der Waals surface area contributed by atoms with Crippen LogP contribution < -0.4 is 10.5 Å². The van der Waals surface area contributed by atoms with E-state index in [0.717, 1.165) is 23.4 Å². The van der Waals surface area contributed by atoms with Gasteiger partial charge in [-0.15, -0.1) is 11.3 Å². The van der Waals surface area contributed by atoms with Crippen LogP contribution in [0.2, 0.25) is 0 Å². The number of thiophene rings is 1. The van der Waals surface area contributed by atoms with Crippen molar-refractivity contribution in [2.45, 2.75) is 32.2 Å². The van der Waals surface area contributed by atoms with Crippen molar-refractivity contribution in [3.63, 3.8) is 0 Å². The Morgan fingerprint density at radius 1 is 1.11 bits per heavy atom. The summed E-state index contributed by atoms with van der Waals surface area (Å²) in [5.74, 6) is -0.118. The molecule has 3 aromatic rings. The van der Waals surface area contributed by atoms with Crippen molar-refractivity contribution >= 4 is 22.9 Å². The number of nitrogens with zero attached hydrogens (tertiary/aromatic N) is 3. The molecule has 0 aliphatic carbocycles. The highest BCUT2D eigenvalue weighted by Gasteiger charge is 2.38. The van der Waals surface area contributed by atoms with Crippen molar-refractivity contribution in [2.24, 2.45) is 0 Å². The number of amides is 1. The van der Waals surface area contributed by atoms with Gasteiger partial charge in [0.1, 0.15) is 11.2 Å². The highest BCUT2D eigenvalue weighted by molar-refractivity contribution is 7.13. The molecule has 0 saturated carbocycles. The molecule has 4 rings (SSSR count). The standard InChI is InChI=1S/C21H21N3O2S/c1-21(2,20(26)23-13-5-8-15-7-3-4-9-17(15)23)24-19(25)12-11-16(22-24)18-10-6-14-27-18/h3-4,6-7,9-12,14H,5,8,13H2,1-2H3. The molecule has 0 bridgehead atoms. The maximum atomic E-state index is 13.5. The van der Waals surface area contributed by atoms with Crippen LogP contribution >= 0.6 is 11.3 Å². The van der Waals surface area contributed by atoms with Crippen LogP contribution in [0.5, 0.6) is 0 Å². The number of fused-ring (bicyclic) bond motifs is 1. The van der Waals surface area contributed by atoms with Crippen LogP contribution in [0.25, 0.3) is 10.6 Å². The Balaban J connectivity index is 1.75. The second-order valence-electron chi connectivity index (χ2n) is 7.19. The molecule has 0 spiro atoms. The fraction of sp³-hybridized carbons (Fsp3) is 0.286. The lowest BCUT2D eigenvalue weighted by atomic mass is 9.97. The number of carbonyl (C=O) groups is 1. The zero-order chi connectivity index (χ0) is 19.0. The fourth-order valence-corrected chi connectivity index (χ4v) is 4.22. The van der Waals surface area contributed by atoms with Gasteiger partial charge in [-0.1, -0.05) is 24.3 Å². The number of carbonyl (C=O) groups excluding carboxylic acids is 1. The Morgan fingerprint density at radius 2 is 1.93 bits per heavy atom. The van der Waals surface area contributed by atoms with Gasteiger partial charge in [-0.2, -0.15) is 5.10 Å². The maximum absolute atomic E-state index is 13.5. The van der Waals surface area contributed by atoms with Crippen molar-refractivity contribution in [3.05, 3.63) is 69.8 Å². The van der Waals surface area contributed by atoms with E-state index in [0.29, 0.717) is 12.2 Å². The summed E-state index contributed by atoms with van der Waals surface area (Å²) in [6, 6.07) is 15.1. The van der Waals surface area contributed by atoms with Gasteiger partial charge >= 0.3 is 0 Å². The van der Waals surface area contributed by atoms with Crippen LogP contribution in [-0.2, 0) is 16.8 Å². The molecule has 5 nitrogen and oxygen atoms in total. The van der Waals surface area contributed by atoms with Crippen LogP contribution in [0, 0.1) is 0 Å². The molecule has 0 N–H and O–H groups in total. The molecular formula is C21H21N3O2S. The summed E-state index contributed by atoms with van der Waals surface area (Å²) in [7, 11) is 0. The van der Waals surface area contributed by atoms with Crippen LogP contribution in [0.4, 0.5) is 5.69 Å². The SMILES string of the molecule is CC(C)(C(=O)N1CCCc2ccccc21)n1nc(-c2cccs2)ccc1=O. The van der Waals surface area contributed by atoms with Gasteiger partial charge in [-0.05, 0) is 55.8 Å². The summed E-state index contributed by atoms with van der Waals surface area (Å²) in [5, 5.41) is 6.49. The minimum atomic E-state index is -1.09. The number of aromatic nitrogens is 2. The molecule has 1 aliphatic heterocycles. The monoisotopic (exact) mass is 379 g/mol. The molecular weight excluding hydrogens is 358 g/mol. The first-order valence-electron chi connectivity index (χ1n) is 9.03. The number of para-hydroxylation sites is 1. The van der Waals surface area contributed by atoms with Crippen LogP contribution in [-0.4, -0.2) is 22.2 Å². The van der Waals surface area contributed by atoms with Crippen molar-refractivity contribution in [2.75, 3.05) is 11.4 Å². The van der Waals surface area contributed by atoms with Gasteiger partial charge in [-0.3, -0.25) is 9.59 Å². The summed E-state index contributed by atoms with van der Waals surface area (Å²) in [6.45, 7) is 4.18. The van der Waals surface area contributed by atoms with Gasteiger partial charge in [0, 0.05) is 18.3 Å². The van der Waals surface area contributed by atoms with Crippen molar-refractivity contribution < 1.29 is 4.79 Å². The average Bonchev–Trinajstić information content (AvgIpc) is 3.22. The quantitative estimate of drug-likeness (QED) is 0.697. The van der Waals surface area contributed by atoms with Gasteiger partial charge in [0.05, 0.1) is 4.88 Å². The van der Waals surface area contributed by atoms with Crippen molar-refractivity contribution in [1.82, 2.24) is 9.78 Å². The molecule has 0 radical (unpaired) electrons. The molecule has 1 amide bonds. The summed E-state index contributed by atoms with van der Waals surface area (Å²) < 4.78 is 1.32. The Morgan fingerprint density at radius 3 is 2.70 bits per heavy atom. The van der Waals surface area contributed by atoms with Gasteiger partial charge in [0.15, 0.2) is 0 Å². The van der Waals surface area contributed by atoms with E-state index >= 15 is 0 Å². The van der Waals surface area contributed by atoms with Crippen molar-refractivity contribution in [3.8, 4) is 10.6 Å². The Bertz CT molecular complexity index is 1040. The van der Waals surface area contributed by atoms with E-state index in [4.69, 9.17) is 0 Å². The molecule has 0 atom stereocenters. The van der Waals surface area contributed by atoms with Crippen LogP contribution in [0.15, 0.2) is 58.7 Å². The fourth-order valence-electron chi connectivity index (χ4n) is 3.53. The highest BCUT2D eigenvalue weighted by Crippen LogP contribution is 2.30. The first-order chi connectivity index (χ1) is 13.0. The zero-order valence-electron chi connectivity index (χ0n) is 15.4. The maximum Gasteiger partial charge on any atom is 0.267 e. The first kappa shape index (κ1) is 17.7. The lowest BCUT2D eigenvalue weighted by Gasteiger charge is -2.36. The number of anilines is 1. The zero-order valence-corrected chi connectivity index (χ0v) is 16.2. The third-order valence-corrected chi connectivity index (χ3v) is 5.87. The van der Waals surface area contributed by atoms with Crippen molar-refractivity contribution in [1.29, 1.82) is 0 Å². The minimum Gasteiger partial charge on any atom is -0.310 e. The third-order valence-electron chi connectivity index (χ3n) is 4.98. The van der Waals surface area contributed by atoms with E-state index in [2.05, 4.69) is 11.2 Å². The van der Waals surface area contributed by atoms with E-state index in [1.165, 1.54) is 16.3 Å². The molecule has 6 heteroatoms. The number of benzene rings is 1. The smallest absolute Gasteiger partial charge is 0.267 e. The summed E-state index contributed by atoms with van der Waals surface area (Å²) >= 11 is 1.56. The van der Waals surface area contributed by atoms with Crippen LogP contribution in [0.1, 0.15) is 25.8 Å². The Hall–Kier alpha value is -2.73. The molecule has 0 saturated heterocycles. The number of hydrogen-bond donors (Lipinski definition) is 0. The molecule has 138 valence electrons. The largest absolute Gasteiger partial charge is 0.310 e. The Kier molecular flexibility index (Phi) is 4.44. The normalized spacial score (nSPS) is 14.1. The topological polar surface area (TPSA) is 55.2 Å². The molecule has 27 heavy (non-hydrogen) atoms. The minimum absolute atomic E-state index is 0.118. The predicted octanol–water partition coefficient (Wildman–Crippen LogP) is 3.69. The van der Waals surface area contributed by atoms with E-state index in [-0.39, 0.29) is 11.5 Å². The molecule has 0 unspecified atom stereocenters. The molecule has 0 fully saturated rings. The van der Waals surface area contributed by atoms with E-state index < -0.39 is 5.54 Å². The van der Waals surface area contributed by atoms with E-state index in [1.807, 2.05) is 35.7 Å². The third kappa shape index (κ3) is 3.10. The number of aryl methyl sites for hydroxylation is 1. The second kappa shape index (κ2) is 6.78. The summed E-state index contributed by atoms with van der Waals surface area (Å²) in [6.07, 6.45) is 1.88. The Labute approximate surface area is 161 Å². The average molecular weight is 379 g/mol. The first-order valence-corrected chi connectivity index (χ1v) is 9.91. The van der Waals surface area contributed by atoms with E-state index in [1.54, 1.807) is 36.2 Å². The molecule has 2 aromatic heterocycles. The van der Waals surface area contributed by atoms with Gasteiger partial charge in [-0.25, -0.2) is 4.68 Å². The van der Waals surface area contributed by atoms with Gasteiger partial charge in [0.2, 0.25) is 0 Å². The molecule has 1 aliphatic rings. The van der Waals surface area contributed by atoms with Gasteiger partial charge < -0.3 is 4.90 Å². The lowest BCUT2D eigenvalue weighted by Crippen LogP contribution is -2.52. The molecule has 1 aromatic carbocycles. The summed E-state index contributed by atoms with van der Waals surface area (Å²) in [4.78, 5) is 28.8. The summed E-state index contributed by atoms with van der Waals surface area (Å²) in [5.41, 5.74) is 1.43. The molecule has 3 heterocycles. The second-order valence-corrected chi connectivity index (χ2v) is 8.14.